The van der Waals surface area contributed by atoms with Crippen LogP contribution < -0.4 is 10.6 Å². The number of carbonyl (C=O) groups is 2. The maximum Gasteiger partial charge on any atom is 0.328 e. The molecule has 1 aromatic rings. The van der Waals surface area contributed by atoms with Gasteiger partial charge in [-0.05, 0) is 30.0 Å². The van der Waals surface area contributed by atoms with Crippen LogP contribution in [-0.4, -0.2) is 31.7 Å². The average Bonchev–Trinajstić information content (AvgIpc) is 2.53. The van der Waals surface area contributed by atoms with Gasteiger partial charge in [-0.25, -0.2) is 14.0 Å². The quantitative estimate of drug-likeness (QED) is 0.759. The molecular formula is C16H23FN2O3. The van der Waals surface area contributed by atoms with E-state index in [0.29, 0.717) is 13.0 Å². The van der Waals surface area contributed by atoms with Gasteiger partial charge in [0.1, 0.15) is 11.9 Å². The topological polar surface area (TPSA) is 67.4 Å². The van der Waals surface area contributed by atoms with Crippen molar-refractivity contribution < 1.29 is 18.7 Å². The van der Waals surface area contributed by atoms with Gasteiger partial charge in [0, 0.05) is 6.54 Å². The molecule has 0 fully saturated rings. The van der Waals surface area contributed by atoms with Crippen LogP contribution in [0.3, 0.4) is 0 Å². The summed E-state index contributed by atoms with van der Waals surface area (Å²) >= 11 is 0. The van der Waals surface area contributed by atoms with E-state index < -0.39 is 18.0 Å². The summed E-state index contributed by atoms with van der Waals surface area (Å²) in [4.78, 5) is 23.5. The molecule has 0 saturated carbocycles. The van der Waals surface area contributed by atoms with E-state index in [9.17, 15) is 14.0 Å². The SMILES string of the molecule is CCC(C)[C@H](NC(=O)NCCc1ccc(F)cc1)C(=O)OC. The van der Waals surface area contributed by atoms with Crippen LogP contribution in [-0.2, 0) is 16.0 Å². The molecule has 0 bridgehead atoms. The van der Waals surface area contributed by atoms with Crippen LogP contribution in [0.4, 0.5) is 9.18 Å². The minimum atomic E-state index is -0.666. The molecular weight excluding hydrogens is 287 g/mol. The van der Waals surface area contributed by atoms with E-state index in [4.69, 9.17) is 4.74 Å². The highest BCUT2D eigenvalue weighted by atomic mass is 19.1. The predicted molar refractivity (Wildman–Crippen MR) is 81.9 cm³/mol. The zero-order valence-corrected chi connectivity index (χ0v) is 13.2. The number of benzene rings is 1. The fourth-order valence-corrected chi connectivity index (χ4v) is 1.96. The predicted octanol–water partition coefficient (Wildman–Crippen LogP) is 2.26. The number of methoxy groups -OCH3 is 1. The summed E-state index contributed by atoms with van der Waals surface area (Å²) in [6, 6.07) is 5.02. The molecule has 0 saturated heterocycles. The highest BCUT2D eigenvalue weighted by Crippen LogP contribution is 2.09. The van der Waals surface area contributed by atoms with Crippen LogP contribution in [0.25, 0.3) is 0 Å². The number of nitrogens with one attached hydrogen (secondary N) is 2. The van der Waals surface area contributed by atoms with Crippen LogP contribution in [0.15, 0.2) is 24.3 Å². The van der Waals surface area contributed by atoms with Crippen molar-refractivity contribution in [1.82, 2.24) is 10.6 Å². The van der Waals surface area contributed by atoms with Gasteiger partial charge < -0.3 is 15.4 Å². The molecule has 1 aromatic carbocycles. The molecule has 1 unspecified atom stereocenters. The van der Waals surface area contributed by atoms with Gasteiger partial charge in [-0.15, -0.1) is 0 Å². The first-order chi connectivity index (χ1) is 10.5. The second-order valence-corrected chi connectivity index (χ2v) is 5.16. The zero-order chi connectivity index (χ0) is 16.5. The van der Waals surface area contributed by atoms with E-state index in [1.807, 2.05) is 13.8 Å². The molecule has 5 nitrogen and oxygen atoms in total. The molecule has 0 heterocycles. The van der Waals surface area contributed by atoms with Crippen molar-refractivity contribution in [2.75, 3.05) is 13.7 Å². The van der Waals surface area contributed by atoms with Crippen LogP contribution in [0.1, 0.15) is 25.8 Å². The lowest BCUT2D eigenvalue weighted by Gasteiger charge is -2.22. The Kier molecular flexibility index (Phi) is 7.36. The molecule has 2 amide bonds. The van der Waals surface area contributed by atoms with Gasteiger partial charge in [-0.2, -0.15) is 0 Å². The molecule has 0 aromatic heterocycles. The lowest BCUT2D eigenvalue weighted by Crippen LogP contribution is -2.49. The Hall–Kier alpha value is -2.11. The van der Waals surface area contributed by atoms with Crippen molar-refractivity contribution in [3.63, 3.8) is 0 Å². The fourth-order valence-electron chi connectivity index (χ4n) is 1.96. The molecule has 0 aliphatic carbocycles. The summed E-state index contributed by atoms with van der Waals surface area (Å²) in [6.07, 6.45) is 1.33. The monoisotopic (exact) mass is 310 g/mol. The molecule has 1 rings (SSSR count). The van der Waals surface area contributed by atoms with E-state index in [-0.39, 0.29) is 11.7 Å². The second-order valence-electron chi connectivity index (χ2n) is 5.16. The Morgan fingerprint density at radius 1 is 1.27 bits per heavy atom. The van der Waals surface area contributed by atoms with E-state index in [2.05, 4.69) is 10.6 Å². The first kappa shape index (κ1) is 17.9. The second kappa shape index (κ2) is 9.02. The normalized spacial score (nSPS) is 13.1. The molecule has 2 N–H and O–H groups in total. The number of hydrogen-bond donors (Lipinski definition) is 2. The van der Waals surface area contributed by atoms with Crippen molar-refractivity contribution >= 4 is 12.0 Å². The Balaban J connectivity index is 2.43. The lowest BCUT2D eigenvalue weighted by molar-refractivity contribution is -0.144. The van der Waals surface area contributed by atoms with Gasteiger partial charge in [0.2, 0.25) is 0 Å². The third kappa shape index (κ3) is 5.71. The number of hydrogen-bond acceptors (Lipinski definition) is 3. The Labute approximate surface area is 130 Å². The molecule has 22 heavy (non-hydrogen) atoms. The lowest BCUT2D eigenvalue weighted by atomic mass is 9.99. The summed E-state index contributed by atoms with van der Waals surface area (Å²) in [5.74, 6) is -0.762. The molecule has 0 spiro atoms. The number of esters is 1. The minimum Gasteiger partial charge on any atom is -0.467 e. The molecule has 6 heteroatoms. The summed E-state index contributed by atoms with van der Waals surface area (Å²) in [6.45, 7) is 4.21. The molecule has 0 radical (unpaired) electrons. The summed E-state index contributed by atoms with van der Waals surface area (Å²) in [7, 11) is 1.30. The van der Waals surface area contributed by atoms with E-state index in [1.54, 1.807) is 12.1 Å². The van der Waals surface area contributed by atoms with E-state index in [0.717, 1.165) is 12.0 Å². The smallest absolute Gasteiger partial charge is 0.328 e. The standard InChI is InChI=1S/C16H23FN2O3/c1-4-11(2)14(15(20)22-3)19-16(21)18-10-9-12-5-7-13(17)8-6-12/h5-8,11,14H,4,9-10H2,1-3H3,(H2,18,19,21)/t11?,14-/m0/s1. The molecule has 0 aliphatic heterocycles. The highest BCUT2D eigenvalue weighted by molar-refractivity contribution is 5.83. The minimum absolute atomic E-state index is 0.0182. The number of carbonyl (C=O) groups excluding carboxylic acids is 2. The third-order valence-electron chi connectivity index (χ3n) is 3.57. The summed E-state index contributed by atoms with van der Waals surface area (Å²) < 4.78 is 17.5. The summed E-state index contributed by atoms with van der Waals surface area (Å²) in [5, 5.41) is 5.31. The highest BCUT2D eigenvalue weighted by Gasteiger charge is 2.26. The fraction of sp³-hybridized carbons (Fsp3) is 0.500. The number of urea groups is 1. The maximum absolute atomic E-state index is 12.8. The molecule has 122 valence electrons. The van der Waals surface area contributed by atoms with Crippen LogP contribution in [0.2, 0.25) is 0 Å². The van der Waals surface area contributed by atoms with Gasteiger partial charge >= 0.3 is 12.0 Å². The van der Waals surface area contributed by atoms with Crippen molar-refractivity contribution in [1.29, 1.82) is 0 Å². The number of ether oxygens (including phenoxy) is 1. The number of amides is 2. The summed E-state index contributed by atoms with van der Waals surface area (Å²) in [5.41, 5.74) is 0.924. The van der Waals surface area contributed by atoms with Crippen molar-refractivity contribution in [2.45, 2.75) is 32.7 Å². The molecule has 2 atom stereocenters. The largest absolute Gasteiger partial charge is 0.467 e. The first-order valence-corrected chi connectivity index (χ1v) is 7.34. The van der Waals surface area contributed by atoms with Gasteiger partial charge in [0.25, 0.3) is 0 Å². The third-order valence-corrected chi connectivity index (χ3v) is 3.57. The van der Waals surface area contributed by atoms with Gasteiger partial charge in [-0.1, -0.05) is 32.4 Å². The zero-order valence-electron chi connectivity index (χ0n) is 13.2. The Bertz CT molecular complexity index is 491. The maximum atomic E-state index is 12.8. The average molecular weight is 310 g/mol. The van der Waals surface area contributed by atoms with Gasteiger partial charge in [0.05, 0.1) is 7.11 Å². The van der Waals surface area contributed by atoms with E-state index >= 15 is 0 Å². The number of rotatable bonds is 7. The van der Waals surface area contributed by atoms with Gasteiger partial charge in [0.15, 0.2) is 0 Å². The van der Waals surface area contributed by atoms with Gasteiger partial charge in [-0.3, -0.25) is 0 Å². The van der Waals surface area contributed by atoms with Crippen LogP contribution >= 0.6 is 0 Å². The Morgan fingerprint density at radius 2 is 1.91 bits per heavy atom. The van der Waals surface area contributed by atoms with Crippen LogP contribution in [0.5, 0.6) is 0 Å². The van der Waals surface area contributed by atoms with Crippen LogP contribution in [0, 0.1) is 11.7 Å². The van der Waals surface area contributed by atoms with E-state index in [1.165, 1.54) is 19.2 Å². The molecule has 0 aliphatic rings. The van der Waals surface area contributed by atoms with Crippen molar-refractivity contribution in [3.8, 4) is 0 Å². The Morgan fingerprint density at radius 3 is 2.45 bits per heavy atom. The number of halogens is 1. The van der Waals surface area contributed by atoms with Crippen molar-refractivity contribution in [2.24, 2.45) is 5.92 Å². The van der Waals surface area contributed by atoms with Crippen molar-refractivity contribution in [3.05, 3.63) is 35.6 Å². The first-order valence-electron chi connectivity index (χ1n) is 7.34.